The third-order valence-electron chi connectivity index (χ3n) is 2.09. The van der Waals surface area contributed by atoms with Gasteiger partial charge in [0.25, 0.3) is 0 Å². The highest BCUT2D eigenvalue weighted by Gasteiger charge is 2.08. The lowest BCUT2D eigenvalue weighted by Crippen LogP contribution is -2.30. The van der Waals surface area contributed by atoms with E-state index < -0.39 is 5.82 Å². The van der Waals surface area contributed by atoms with Crippen LogP contribution in [0.4, 0.5) is 4.39 Å². The highest BCUT2D eigenvalue weighted by atomic mass is 35.5. The van der Waals surface area contributed by atoms with Gasteiger partial charge in [-0.05, 0) is 24.6 Å². The third kappa shape index (κ3) is 1.87. The van der Waals surface area contributed by atoms with Crippen molar-refractivity contribution in [3.8, 4) is 0 Å². The SMILES string of the molecule is Fc1ccc(C2=NCCCN2)cc1Cl. The van der Waals surface area contributed by atoms with Crippen molar-refractivity contribution in [2.75, 3.05) is 13.1 Å². The summed E-state index contributed by atoms with van der Waals surface area (Å²) in [5.74, 6) is 0.407. The number of benzene rings is 1. The zero-order chi connectivity index (χ0) is 9.97. The zero-order valence-corrected chi connectivity index (χ0v) is 8.31. The number of aliphatic imine (C=N–C) groups is 1. The average Bonchev–Trinajstić information content (AvgIpc) is 2.23. The summed E-state index contributed by atoms with van der Waals surface area (Å²) in [5.41, 5.74) is 0.844. The van der Waals surface area contributed by atoms with Crippen LogP contribution in [0.15, 0.2) is 23.2 Å². The topological polar surface area (TPSA) is 24.4 Å². The van der Waals surface area contributed by atoms with Crippen LogP contribution in [0, 0.1) is 5.82 Å². The van der Waals surface area contributed by atoms with E-state index in [0.29, 0.717) is 0 Å². The molecule has 0 amide bonds. The standard InChI is InChI=1S/C10H10ClFN2/c11-8-6-7(2-3-9(8)12)10-13-4-1-5-14-10/h2-3,6H,1,4-5H2,(H,13,14). The fraction of sp³-hybridized carbons (Fsp3) is 0.300. The summed E-state index contributed by atoms with van der Waals surface area (Å²) < 4.78 is 12.9. The molecule has 1 aliphatic rings. The number of nitrogens with zero attached hydrogens (tertiary/aromatic N) is 1. The first kappa shape index (κ1) is 9.46. The van der Waals surface area contributed by atoms with Crippen molar-refractivity contribution < 1.29 is 4.39 Å². The molecule has 1 aromatic rings. The molecule has 0 aliphatic carbocycles. The molecule has 1 aromatic carbocycles. The number of amidine groups is 1. The lowest BCUT2D eigenvalue weighted by Gasteiger charge is -2.14. The van der Waals surface area contributed by atoms with Gasteiger partial charge in [-0.2, -0.15) is 0 Å². The first-order valence-electron chi connectivity index (χ1n) is 4.51. The second kappa shape index (κ2) is 3.96. The number of hydrogen-bond donors (Lipinski definition) is 1. The Morgan fingerprint density at radius 2 is 2.29 bits per heavy atom. The molecule has 1 heterocycles. The molecule has 2 nitrogen and oxygen atoms in total. The van der Waals surface area contributed by atoms with Crippen LogP contribution in [-0.2, 0) is 0 Å². The molecule has 0 aromatic heterocycles. The van der Waals surface area contributed by atoms with E-state index in [4.69, 9.17) is 11.6 Å². The van der Waals surface area contributed by atoms with Crippen LogP contribution in [0.1, 0.15) is 12.0 Å². The van der Waals surface area contributed by atoms with Crippen molar-refractivity contribution in [1.29, 1.82) is 0 Å². The Labute approximate surface area is 86.8 Å². The van der Waals surface area contributed by atoms with Gasteiger partial charge in [-0.15, -0.1) is 0 Å². The maximum absolute atomic E-state index is 12.9. The van der Waals surface area contributed by atoms with E-state index in [1.807, 2.05) is 0 Å². The van der Waals surface area contributed by atoms with E-state index >= 15 is 0 Å². The van der Waals surface area contributed by atoms with Crippen molar-refractivity contribution in [3.63, 3.8) is 0 Å². The smallest absolute Gasteiger partial charge is 0.141 e. The fourth-order valence-corrected chi connectivity index (χ4v) is 1.55. The summed E-state index contributed by atoms with van der Waals surface area (Å²) in [5, 5.41) is 3.29. The van der Waals surface area contributed by atoms with Crippen molar-refractivity contribution in [2.45, 2.75) is 6.42 Å². The minimum Gasteiger partial charge on any atom is -0.370 e. The van der Waals surface area contributed by atoms with E-state index in [-0.39, 0.29) is 5.02 Å². The number of nitrogens with one attached hydrogen (secondary N) is 1. The van der Waals surface area contributed by atoms with Crippen molar-refractivity contribution in [1.82, 2.24) is 5.32 Å². The molecular weight excluding hydrogens is 203 g/mol. The summed E-state index contributed by atoms with van der Waals surface area (Å²) in [6.07, 6.45) is 1.04. The minimum absolute atomic E-state index is 0.137. The van der Waals surface area contributed by atoms with E-state index in [0.717, 1.165) is 30.9 Å². The summed E-state index contributed by atoms with van der Waals surface area (Å²) in [7, 11) is 0. The molecule has 0 saturated carbocycles. The first-order valence-corrected chi connectivity index (χ1v) is 4.89. The lowest BCUT2D eigenvalue weighted by molar-refractivity contribution is 0.628. The van der Waals surface area contributed by atoms with Crippen LogP contribution < -0.4 is 5.32 Å². The monoisotopic (exact) mass is 212 g/mol. The van der Waals surface area contributed by atoms with Gasteiger partial charge in [-0.25, -0.2) is 4.39 Å². The molecule has 0 saturated heterocycles. The van der Waals surface area contributed by atoms with Crippen molar-refractivity contribution in [3.05, 3.63) is 34.6 Å². The van der Waals surface area contributed by atoms with Crippen LogP contribution in [0.2, 0.25) is 5.02 Å². The highest BCUT2D eigenvalue weighted by Crippen LogP contribution is 2.16. The Bertz CT molecular complexity index is 376. The van der Waals surface area contributed by atoms with Crippen LogP contribution in [0.25, 0.3) is 0 Å². The molecule has 0 spiro atoms. The molecule has 0 fully saturated rings. The first-order chi connectivity index (χ1) is 6.77. The van der Waals surface area contributed by atoms with Crippen LogP contribution in [0.5, 0.6) is 0 Å². The molecule has 0 atom stereocenters. The lowest BCUT2D eigenvalue weighted by atomic mass is 10.2. The summed E-state index contributed by atoms with van der Waals surface area (Å²) >= 11 is 5.68. The van der Waals surface area contributed by atoms with E-state index in [9.17, 15) is 4.39 Å². The minimum atomic E-state index is -0.396. The van der Waals surface area contributed by atoms with E-state index in [1.165, 1.54) is 6.07 Å². The van der Waals surface area contributed by atoms with Gasteiger partial charge in [-0.3, -0.25) is 4.99 Å². The molecule has 1 N–H and O–H groups in total. The molecule has 2 rings (SSSR count). The fourth-order valence-electron chi connectivity index (χ4n) is 1.37. The zero-order valence-electron chi connectivity index (χ0n) is 7.56. The van der Waals surface area contributed by atoms with Gasteiger partial charge in [0.1, 0.15) is 11.7 Å². The Morgan fingerprint density at radius 1 is 1.43 bits per heavy atom. The van der Waals surface area contributed by atoms with Crippen LogP contribution >= 0.6 is 11.6 Å². The molecule has 1 aliphatic heterocycles. The highest BCUT2D eigenvalue weighted by molar-refractivity contribution is 6.31. The predicted molar refractivity (Wildman–Crippen MR) is 55.4 cm³/mol. The van der Waals surface area contributed by atoms with Gasteiger partial charge in [0, 0.05) is 18.7 Å². The summed E-state index contributed by atoms with van der Waals surface area (Å²) in [4.78, 5) is 4.29. The number of rotatable bonds is 1. The Balaban J connectivity index is 2.32. The Kier molecular flexibility index (Phi) is 2.68. The van der Waals surface area contributed by atoms with Crippen molar-refractivity contribution in [2.24, 2.45) is 4.99 Å². The molecule has 0 unspecified atom stereocenters. The van der Waals surface area contributed by atoms with Gasteiger partial charge in [0.05, 0.1) is 5.02 Å². The molecule has 0 bridgehead atoms. The molecule has 14 heavy (non-hydrogen) atoms. The molecule has 0 radical (unpaired) electrons. The van der Waals surface area contributed by atoms with Crippen LogP contribution in [-0.4, -0.2) is 18.9 Å². The maximum Gasteiger partial charge on any atom is 0.141 e. The van der Waals surface area contributed by atoms with Gasteiger partial charge >= 0.3 is 0 Å². The van der Waals surface area contributed by atoms with Crippen molar-refractivity contribution >= 4 is 17.4 Å². The van der Waals surface area contributed by atoms with Gasteiger partial charge < -0.3 is 5.32 Å². The average molecular weight is 213 g/mol. The summed E-state index contributed by atoms with van der Waals surface area (Å²) in [6, 6.07) is 4.63. The summed E-state index contributed by atoms with van der Waals surface area (Å²) in [6.45, 7) is 1.73. The normalized spacial score (nSPS) is 16.0. The van der Waals surface area contributed by atoms with E-state index in [2.05, 4.69) is 10.3 Å². The van der Waals surface area contributed by atoms with Gasteiger partial charge in [0.15, 0.2) is 0 Å². The Morgan fingerprint density at radius 3 is 2.93 bits per heavy atom. The second-order valence-electron chi connectivity index (χ2n) is 3.14. The van der Waals surface area contributed by atoms with Crippen LogP contribution in [0.3, 0.4) is 0 Å². The predicted octanol–water partition coefficient (Wildman–Crippen LogP) is 2.22. The van der Waals surface area contributed by atoms with Gasteiger partial charge in [0.2, 0.25) is 0 Å². The molecule has 4 heteroatoms. The van der Waals surface area contributed by atoms with Gasteiger partial charge in [-0.1, -0.05) is 11.6 Å². The second-order valence-corrected chi connectivity index (χ2v) is 3.55. The number of hydrogen-bond acceptors (Lipinski definition) is 2. The quantitative estimate of drug-likeness (QED) is 0.759. The number of halogens is 2. The third-order valence-corrected chi connectivity index (χ3v) is 2.38. The maximum atomic E-state index is 12.9. The largest absolute Gasteiger partial charge is 0.370 e. The molecular formula is C10H10ClFN2. The molecule has 74 valence electrons. The Hall–Kier alpha value is -1.09. The van der Waals surface area contributed by atoms with E-state index in [1.54, 1.807) is 12.1 Å².